The Hall–Kier alpha value is -3.23. The number of fused-ring (bicyclic) bond motifs is 1. The molecule has 1 aliphatic heterocycles. The normalized spacial score (nSPS) is 15.5. The molecule has 0 saturated heterocycles. The molecule has 4 N–H and O–H groups in total. The Morgan fingerprint density at radius 3 is 2.39 bits per heavy atom. The summed E-state index contributed by atoms with van der Waals surface area (Å²) in [7, 11) is -2.37. The van der Waals surface area contributed by atoms with E-state index in [-0.39, 0.29) is 48.6 Å². The van der Waals surface area contributed by atoms with Crippen molar-refractivity contribution in [1.82, 2.24) is 21.1 Å². The maximum Gasteiger partial charge on any atom is 0.252 e. The zero-order valence-corrected chi connectivity index (χ0v) is 28.3. The van der Waals surface area contributed by atoms with Crippen molar-refractivity contribution in [3.63, 3.8) is 0 Å². The first kappa shape index (κ1) is 37.2. The highest BCUT2D eigenvalue weighted by molar-refractivity contribution is 7.92. The van der Waals surface area contributed by atoms with Gasteiger partial charge in [0.05, 0.1) is 30.2 Å². The molecule has 13 heteroatoms. The van der Waals surface area contributed by atoms with E-state index in [4.69, 9.17) is 14.2 Å². The summed E-state index contributed by atoms with van der Waals surface area (Å²) in [6.45, 7) is 8.82. The number of hydrazine groups is 1. The Labute approximate surface area is 273 Å². The van der Waals surface area contributed by atoms with Crippen molar-refractivity contribution in [2.45, 2.75) is 69.4 Å². The quantitative estimate of drug-likeness (QED) is 0.138. The maximum absolute atomic E-state index is 13.8. The number of amides is 2. The standard InChI is InChI=1S/C33H50N4O8S/c1-6-24(4)18-32(40)37(36-31(39)22-34-14-15-43-5)27(19-25-10-8-7-9-11-25)28(38)21-35-33(23(2)3)46(41,42)26-12-13-29-30(20-26)45-17-16-44-29/h7-13,20,23-24,27-28,33-35,38H,6,14-19,21-22H2,1-5H3,(H,36,39)/t24-,27?,28+,33?/m0/s1. The minimum absolute atomic E-state index is 0.0424. The van der Waals surface area contributed by atoms with E-state index in [1.807, 2.05) is 44.2 Å². The van der Waals surface area contributed by atoms with Crippen LogP contribution in [0.5, 0.6) is 11.5 Å². The van der Waals surface area contributed by atoms with Gasteiger partial charge in [0, 0.05) is 32.7 Å². The lowest BCUT2D eigenvalue weighted by Crippen LogP contribution is -2.60. The van der Waals surface area contributed by atoms with Gasteiger partial charge in [-0.3, -0.25) is 20.3 Å². The fraction of sp³-hybridized carbons (Fsp3) is 0.576. The Bertz CT molecular complexity index is 1360. The number of hydrogen-bond acceptors (Lipinski definition) is 10. The molecule has 256 valence electrons. The summed E-state index contributed by atoms with van der Waals surface area (Å²) in [5, 5.41) is 17.9. The number of benzene rings is 2. The molecule has 1 heterocycles. The predicted molar refractivity (Wildman–Crippen MR) is 175 cm³/mol. The number of nitrogens with one attached hydrogen (secondary N) is 3. The molecular weight excluding hydrogens is 612 g/mol. The van der Waals surface area contributed by atoms with Crippen LogP contribution in [0.1, 0.15) is 46.1 Å². The van der Waals surface area contributed by atoms with Crippen molar-refractivity contribution in [2.24, 2.45) is 11.8 Å². The van der Waals surface area contributed by atoms with E-state index < -0.39 is 33.3 Å². The van der Waals surface area contributed by atoms with E-state index in [1.165, 1.54) is 17.1 Å². The number of hydrogen-bond donors (Lipinski definition) is 4. The third-order valence-electron chi connectivity index (χ3n) is 7.88. The van der Waals surface area contributed by atoms with Gasteiger partial charge in [0.25, 0.3) is 5.91 Å². The Morgan fingerprint density at radius 2 is 1.74 bits per heavy atom. The van der Waals surface area contributed by atoms with Crippen LogP contribution in [0.4, 0.5) is 0 Å². The van der Waals surface area contributed by atoms with Crippen LogP contribution in [0.2, 0.25) is 0 Å². The Morgan fingerprint density at radius 1 is 1.04 bits per heavy atom. The van der Waals surface area contributed by atoms with Crippen molar-refractivity contribution < 1.29 is 37.3 Å². The van der Waals surface area contributed by atoms with Gasteiger partial charge in [-0.05, 0) is 36.0 Å². The summed E-state index contributed by atoms with van der Waals surface area (Å²) in [5.41, 5.74) is 3.57. The minimum atomic E-state index is -3.93. The number of sulfone groups is 1. The summed E-state index contributed by atoms with van der Waals surface area (Å²) in [5.74, 6) is -0.283. The van der Waals surface area contributed by atoms with Crippen LogP contribution in [0.15, 0.2) is 53.4 Å². The number of carbonyl (C=O) groups is 2. The molecule has 46 heavy (non-hydrogen) atoms. The van der Waals surface area contributed by atoms with Gasteiger partial charge in [-0.2, -0.15) is 0 Å². The fourth-order valence-corrected chi connectivity index (χ4v) is 6.95. The number of rotatable bonds is 18. The number of ether oxygens (including phenoxy) is 3. The molecular formula is C33H50N4O8S. The molecule has 0 aromatic heterocycles. The van der Waals surface area contributed by atoms with Crippen molar-refractivity contribution in [1.29, 1.82) is 0 Å². The number of methoxy groups -OCH3 is 1. The second-order valence-electron chi connectivity index (χ2n) is 11.9. The number of aliphatic hydroxyl groups is 1. The molecule has 3 rings (SSSR count). The van der Waals surface area contributed by atoms with E-state index >= 15 is 0 Å². The molecule has 0 spiro atoms. The van der Waals surface area contributed by atoms with Crippen molar-refractivity contribution in [3.05, 3.63) is 54.1 Å². The summed E-state index contributed by atoms with van der Waals surface area (Å²) < 4.78 is 43.9. The Balaban J connectivity index is 1.88. The molecule has 12 nitrogen and oxygen atoms in total. The lowest BCUT2D eigenvalue weighted by atomic mass is 9.98. The van der Waals surface area contributed by atoms with Crippen LogP contribution in [0.3, 0.4) is 0 Å². The van der Waals surface area contributed by atoms with Crippen LogP contribution in [0.25, 0.3) is 0 Å². The summed E-state index contributed by atoms with van der Waals surface area (Å²) in [4.78, 5) is 26.8. The number of aliphatic hydroxyl groups excluding tert-OH is 1. The zero-order valence-electron chi connectivity index (χ0n) is 27.5. The van der Waals surface area contributed by atoms with Crippen LogP contribution < -0.4 is 25.5 Å². The van der Waals surface area contributed by atoms with E-state index in [9.17, 15) is 23.1 Å². The number of carbonyl (C=O) groups excluding carboxylic acids is 2. The molecule has 2 aromatic rings. The van der Waals surface area contributed by atoms with Crippen LogP contribution in [0, 0.1) is 11.8 Å². The van der Waals surface area contributed by atoms with E-state index in [0.717, 1.165) is 12.0 Å². The second kappa shape index (κ2) is 18.2. The topological polar surface area (TPSA) is 156 Å². The van der Waals surface area contributed by atoms with Gasteiger partial charge in [0.1, 0.15) is 18.6 Å². The highest BCUT2D eigenvalue weighted by Gasteiger charge is 2.36. The summed E-state index contributed by atoms with van der Waals surface area (Å²) >= 11 is 0. The van der Waals surface area contributed by atoms with Gasteiger partial charge in [-0.15, -0.1) is 0 Å². The molecule has 0 radical (unpaired) electrons. The van der Waals surface area contributed by atoms with Gasteiger partial charge < -0.3 is 24.6 Å². The van der Waals surface area contributed by atoms with Gasteiger partial charge in [0.2, 0.25) is 5.91 Å². The van der Waals surface area contributed by atoms with Crippen molar-refractivity contribution in [3.8, 4) is 11.5 Å². The molecule has 2 unspecified atom stereocenters. The van der Waals surface area contributed by atoms with Gasteiger partial charge >= 0.3 is 0 Å². The first-order chi connectivity index (χ1) is 22.0. The Kier molecular flexibility index (Phi) is 14.7. The molecule has 0 fully saturated rings. The van der Waals surface area contributed by atoms with Crippen LogP contribution >= 0.6 is 0 Å². The highest BCUT2D eigenvalue weighted by atomic mass is 32.2. The number of nitrogens with zero attached hydrogens (tertiary/aromatic N) is 1. The third-order valence-corrected chi connectivity index (χ3v) is 10.2. The van der Waals surface area contributed by atoms with E-state index in [1.54, 1.807) is 27.0 Å². The van der Waals surface area contributed by atoms with Crippen LogP contribution in [-0.2, 0) is 30.6 Å². The molecule has 0 bridgehead atoms. The predicted octanol–water partition coefficient (Wildman–Crippen LogP) is 2.31. The maximum atomic E-state index is 13.8. The summed E-state index contributed by atoms with van der Waals surface area (Å²) in [6, 6.07) is 13.0. The average molecular weight is 663 g/mol. The SMILES string of the molecule is CC[C@H](C)CC(=O)N(NC(=O)CNCCOC)C(Cc1ccccc1)[C@H](O)CNC(C(C)C)S(=O)(=O)c1ccc2c(c1)OCCO2. The van der Waals surface area contributed by atoms with E-state index in [2.05, 4.69) is 16.1 Å². The first-order valence-electron chi connectivity index (χ1n) is 15.9. The molecule has 0 saturated carbocycles. The molecule has 0 aliphatic carbocycles. The highest BCUT2D eigenvalue weighted by Crippen LogP contribution is 2.34. The molecule has 2 aromatic carbocycles. The monoisotopic (exact) mass is 662 g/mol. The summed E-state index contributed by atoms with van der Waals surface area (Å²) in [6.07, 6.45) is -0.117. The van der Waals surface area contributed by atoms with E-state index in [0.29, 0.717) is 37.9 Å². The molecule has 1 aliphatic rings. The lowest BCUT2D eigenvalue weighted by Gasteiger charge is -2.36. The van der Waals surface area contributed by atoms with Gasteiger partial charge in [0.15, 0.2) is 21.3 Å². The van der Waals surface area contributed by atoms with Crippen molar-refractivity contribution >= 4 is 21.7 Å². The van der Waals surface area contributed by atoms with Gasteiger partial charge in [-0.1, -0.05) is 64.4 Å². The van der Waals surface area contributed by atoms with Crippen LogP contribution in [-0.4, -0.2) is 94.4 Å². The molecule has 4 atom stereocenters. The third kappa shape index (κ3) is 10.7. The second-order valence-corrected chi connectivity index (χ2v) is 14.0. The molecule has 2 amide bonds. The van der Waals surface area contributed by atoms with Crippen molar-refractivity contribution in [2.75, 3.05) is 46.6 Å². The zero-order chi connectivity index (χ0) is 33.7. The largest absolute Gasteiger partial charge is 0.486 e. The fourth-order valence-electron chi connectivity index (χ4n) is 5.10. The minimum Gasteiger partial charge on any atom is -0.486 e. The first-order valence-corrected chi connectivity index (χ1v) is 17.4. The van der Waals surface area contributed by atoms with Gasteiger partial charge in [-0.25, -0.2) is 13.4 Å². The lowest BCUT2D eigenvalue weighted by molar-refractivity contribution is -0.148. The average Bonchev–Trinajstić information content (AvgIpc) is 3.04. The smallest absolute Gasteiger partial charge is 0.252 e.